The molecule has 2 rings (SSSR count). The van der Waals surface area contributed by atoms with Gasteiger partial charge in [0.25, 0.3) is 0 Å². The lowest BCUT2D eigenvalue weighted by atomic mass is 10.1. The predicted octanol–water partition coefficient (Wildman–Crippen LogP) is 1.14. The Balaban J connectivity index is 2.01. The van der Waals surface area contributed by atoms with E-state index in [0.29, 0.717) is 5.82 Å². The molecule has 122 valence electrons. The van der Waals surface area contributed by atoms with Crippen molar-refractivity contribution < 1.29 is 19.8 Å². The minimum absolute atomic E-state index is 0.318. The summed E-state index contributed by atoms with van der Waals surface area (Å²) < 4.78 is 1.67. The molecule has 0 saturated carbocycles. The van der Waals surface area contributed by atoms with Crippen molar-refractivity contribution in [2.75, 3.05) is 11.9 Å². The van der Waals surface area contributed by atoms with Crippen LogP contribution >= 0.6 is 0 Å². The second-order valence-corrected chi connectivity index (χ2v) is 5.30. The molecule has 1 heterocycles. The number of anilines is 1. The van der Waals surface area contributed by atoms with Crippen LogP contribution in [0, 0.1) is 6.92 Å². The highest BCUT2D eigenvalue weighted by Crippen LogP contribution is 2.14. The van der Waals surface area contributed by atoms with Crippen LogP contribution in [0.3, 0.4) is 0 Å². The van der Waals surface area contributed by atoms with Crippen LogP contribution in [0.4, 0.5) is 10.6 Å². The number of aromatic nitrogens is 2. The van der Waals surface area contributed by atoms with E-state index in [1.165, 1.54) is 0 Å². The van der Waals surface area contributed by atoms with Crippen LogP contribution in [-0.2, 0) is 4.79 Å². The van der Waals surface area contributed by atoms with Crippen LogP contribution in [0.2, 0.25) is 0 Å². The highest BCUT2D eigenvalue weighted by atomic mass is 16.4. The number of urea groups is 1. The molecular formula is C15H18N4O4. The van der Waals surface area contributed by atoms with Crippen LogP contribution in [0.5, 0.6) is 0 Å². The Morgan fingerprint density at radius 2 is 1.96 bits per heavy atom. The number of amides is 2. The van der Waals surface area contributed by atoms with Crippen LogP contribution in [0.25, 0.3) is 5.69 Å². The number of hydrogen-bond acceptors (Lipinski definition) is 4. The number of para-hydroxylation sites is 1. The average Bonchev–Trinajstić information content (AvgIpc) is 2.86. The van der Waals surface area contributed by atoms with Gasteiger partial charge in [-0.2, -0.15) is 0 Å². The van der Waals surface area contributed by atoms with Gasteiger partial charge in [0, 0.05) is 11.8 Å². The van der Waals surface area contributed by atoms with E-state index in [1.54, 1.807) is 10.7 Å². The summed E-state index contributed by atoms with van der Waals surface area (Å²) in [5.41, 5.74) is -0.354. The maximum atomic E-state index is 11.8. The van der Waals surface area contributed by atoms with Crippen molar-refractivity contribution in [3.8, 4) is 5.69 Å². The molecule has 2 aromatic rings. The van der Waals surface area contributed by atoms with E-state index in [0.717, 1.165) is 18.3 Å². The summed E-state index contributed by atoms with van der Waals surface area (Å²) in [6, 6.07) is 10.4. The molecule has 0 aliphatic carbocycles. The molecule has 0 aliphatic rings. The van der Waals surface area contributed by atoms with E-state index in [1.807, 2.05) is 37.3 Å². The van der Waals surface area contributed by atoms with E-state index >= 15 is 0 Å². The van der Waals surface area contributed by atoms with Gasteiger partial charge < -0.3 is 15.5 Å². The Morgan fingerprint density at radius 1 is 1.30 bits per heavy atom. The molecule has 1 atom stereocenters. The van der Waals surface area contributed by atoms with E-state index in [-0.39, 0.29) is 0 Å². The maximum absolute atomic E-state index is 11.8. The number of carboxylic acid groups (broad SMARTS) is 1. The first kappa shape index (κ1) is 16.5. The lowest BCUT2D eigenvalue weighted by Crippen LogP contribution is -2.47. The fourth-order valence-corrected chi connectivity index (χ4v) is 1.85. The molecule has 1 unspecified atom stereocenters. The van der Waals surface area contributed by atoms with E-state index in [2.05, 4.69) is 15.7 Å². The fourth-order valence-electron chi connectivity index (χ4n) is 1.85. The molecule has 2 amide bonds. The average molecular weight is 318 g/mol. The Morgan fingerprint density at radius 3 is 2.57 bits per heavy atom. The summed E-state index contributed by atoms with van der Waals surface area (Å²) in [4.78, 5) is 22.5. The van der Waals surface area contributed by atoms with Crippen molar-refractivity contribution in [3.05, 3.63) is 42.1 Å². The molecule has 1 aromatic carbocycles. The number of aliphatic hydroxyl groups is 1. The molecule has 0 bridgehead atoms. The van der Waals surface area contributed by atoms with Gasteiger partial charge in [-0.15, -0.1) is 5.10 Å². The number of hydrogen-bond donors (Lipinski definition) is 4. The molecule has 0 radical (unpaired) electrons. The largest absolute Gasteiger partial charge is 0.479 e. The number of carbonyl (C=O) groups is 2. The van der Waals surface area contributed by atoms with Gasteiger partial charge >= 0.3 is 12.0 Å². The van der Waals surface area contributed by atoms with Gasteiger partial charge in [-0.3, -0.25) is 5.32 Å². The lowest BCUT2D eigenvalue weighted by Gasteiger charge is -2.18. The highest BCUT2D eigenvalue weighted by Gasteiger charge is 2.30. The van der Waals surface area contributed by atoms with Crippen LogP contribution in [0.15, 0.2) is 36.4 Å². The summed E-state index contributed by atoms with van der Waals surface area (Å²) in [6.45, 7) is 2.52. The van der Waals surface area contributed by atoms with Crippen molar-refractivity contribution in [3.63, 3.8) is 0 Å². The maximum Gasteiger partial charge on any atom is 0.337 e. The van der Waals surface area contributed by atoms with Gasteiger partial charge in [-0.1, -0.05) is 18.2 Å². The Kier molecular flexibility index (Phi) is 4.65. The lowest BCUT2D eigenvalue weighted by molar-refractivity contribution is -0.155. The Bertz CT molecular complexity index is 710. The molecule has 0 aliphatic heterocycles. The van der Waals surface area contributed by atoms with Crippen LogP contribution < -0.4 is 10.6 Å². The molecule has 0 spiro atoms. The van der Waals surface area contributed by atoms with Gasteiger partial charge in [-0.25, -0.2) is 14.3 Å². The second kappa shape index (κ2) is 6.49. The zero-order valence-electron chi connectivity index (χ0n) is 12.8. The number of aliphatic carboxylic acids is 1. The van der Waals surface area contributed by atoms with Gasteiger partial charge in [0.1, 0.15) is 0 Å². The molecule has 0 saturated heterocycles. The molecule has 8 heteroatoms. The standard InChI is InChI=1S/C15H18N4O4/c1-10-8-12(18-19(10)11-6-4-3-5-7-11)17-14(22)16-9-15(2,23)13(20)21/h3-8,23H,9H2,1-2H3,(H,20,21)(H2,16,17,18,22). The van der Waals surface area contributed by atoms with Gasteiger partial charge in [0.05, 0.1) is 12.2 Å². The Labute approximate surface area is 132 Å². The summed E-state index contributed by atoms with van der Waals surface area (Å²) in [5.74, 6) is -1.10. The zero-order valence-corrected chi connectivity index (χ0v) is 12.8. The third-order valence-corrected chi connectivity index (χ3v) is 3.18. The van der Waals surface area contributed by atoms with Crippen LogP contribution in [0.1, 0.15) is 12.6 Å². The first-order valence-electron chi connectivity index (χ1n) is 6.92. The minimum atomic E-state index is -2.03. The number of nitrogens with zero attached hydrogens (tertiary/aromatic N) is 2. The molecule has 23 heavy (non-hydrogen) atoms. The summed E-state index contributed by atoms with van der Waals surface area (Å²) in [6.07, 6.45) is 0. The van der Waals surface area contributed by atoms with Crippen molar-refractivity contribution in [2.45, 2.75) is 19.4 Å². The van der Waals surface area contributed by atoms with Gasteiger partial charge in [-0.05, 0) is 26.0 Å². The predicted molar refractivity (Wildman–Crippen MR) is 83.6 cm³/mol. The third kappa shape index (κ3) is 4.07. The highest BCUT2D eigenvalue weighted by molar-refractivity contribution is 5.89. The molecule has 0 fully saturated rings. The van der Waals surface area contributed by atoms with E-state index in [4.69, 9.17) is 5.11 Å². The monoisotopic (exact) mass is 318 g/mol. The number of aryl methyl sites for hydroxylation is 1. The van der Waals surface area contributed by atoms with Crippen molar-refractivity contribution in [1.82, 2.24) is 15.1 Å². The van der Waals surface area contributed by atoms with Gasteiger partial charge in [0.2, 0.25) is 0 Å². The third-order valence-electron chi connectivity index (χ3n) is 3.18. The first-order chi connectivity index (χ1) is 10.8. The zero-order chi connectivity index (χ0) is 17.0. The molecule has 4 N–H and O–H groups in total. The Hall–Kier alpha value is -2.87. The number of carboxylic acids is 1. The number of carbonyl (C=O) groups excluding carboxylic acids is 1. The van der Waals surface area contributed by atoms with Crippen molar-refractivity contribution >= 4 is 17.8 Å². The quantitative estimate of drug-likeness (QED) is 0.659. The van der Waals surface area contributed by atoms with Crippen LogP contribution in [-0.4, -0.2) is 44.1 Å². The van der Waals surface area contributed by atoms with Gasteiger partial charge in [0.15, 0.2) is 11.4 Å². The fraction of sp³-hybridized carbons (Fsp3) is 0.267. The molecule has 1 aromatic heterocycles. The number of rotatable bonds is 5. The molecule has 8 nitrogen and oxygen atoms in total. The summed E-state index contributed by atoms with van der Waals surface area (Å²) in [7, 11) is 0. The first-order valence-corrected chi connectivity index (χ1v) is 6.92. The SMILES string of the molecule is Cc1cc(NC(=O)NCC(C)(O)C(=O)O)nn1-c1ccccc1. The van der Waals surface area contributed by atoms with E-state index < -0.39 is 24.1 Å². The molecular weight excluding hydrogens is 300 g/mol. The normalized spacial score (nSPS) is 13.2. The smallest absolute Gasteiger partial charge is 0.337 e. The summed E-state index contributed by atoms with van der Waals surface area (Å²) >= 11 is 0. The number of benzene rings is 1. The second-order valence-electron chi connectivity index (χ2n) is 5.30. The summed E-state index contributed by atoms with van der Waals surface area (Å²) in [5, 5.41) is 27.4. The number of nitrogens with one attached hydrogen (secondary N) is 2. The topological polar surface area (TPSA) is 116 Å². The van der Waals surface area contributed by atoms with Crippen molar-refractivity contribution in [1.29, 1.82) is 0 Å². The minimum Gasteiger partial charge on any atom is -0.479 e. The van der Waals surface area contributed by atoms with Crippen molar-refractivity contribution in [2.24, 2.45) is 0 Å². The van der Waals surface area contributed by atoms with E-state index in [9.17, 15) is 14.7 Å².